The second kappa shape index (κ2) is 10.0. The van der Waals surface area contributed by atoms with Crippen LogP contribution in [-0.4, -0.2) is 67.0 Å². The number of hydrogen-bond acceptors (Lipinski definition) is 5. The fourth-order valence-corrected chi connectivity index (χ4v) is 3.48. The van der Waals surface area contributed by atoms with Gasteiger partial charge in [0.25, 0.3) is 11.8 Å². The zero-order valence-corrected chi connectivity index (χ0v) is 17.2. The number of nitrogens with zero attached hydrogens (tertiary/aromatic N) is 2. The number of nitrogens with two attached hydrogens (primary N) is 1. The summed E-state index contributed by atoms with van der Waals surface area (Å²) >= 11 is 0. The first-order valence-corrected chi connectivity index (χ1v) is 9.91. The predicted octanol–water partition coefficient (Wildman–Crippen LogP) is 0.762. The Morgan fingerprint density at radius 2 is 1.84 bits per heavy atom. The lowest BCUT2D eigenvalue weighted by atomic mass is 10.1. The molecule has 31 heavy (non-hydrogen) atoms. The SMILES string of the molecule is COc1ccc(CC(=O)N2CCN(C(=O)c3cccc(F)c3)C2C(=O)NCCN)cc1. The van der Waals surface area contributed by atoms with Crippen molar-refractivity contribution in [2.45, 2.75) is 12.6 Å². The minimum atomic E-state index is -1.13. The fraction of sp³-hybridized carbons (Fsp3) is 0.318. The van der Waals surface area contributed by atoms with E-state index in [0.717, 1.165) is 11.6 Å². The number of benzene rings is 2. The molecule has 0 aliphatic carbocycles. The average molecular weight is 428 g/mol. The van der Waals surface area contributed by atoms with Crippen LogP contribution in [0.15, 0.2) is 48.5 Å². The molecule has 3 rings (SSSR count). The molecule has 0 saturated carbocycles. The normalized spacial score (nSPS) is 15.6. The number of halogens is 1. The third-order valence-electron chi connectivity index (χ3n) is 5.02. The first-order chi connectivity index (χ1) is 14.9. The largest absolute Gasteiger partial charge is 0.497 e. The zero-order chi connectivity index (χ0) is 22.4. The van der Waals surface area contributed by atoms with E-state index in [2.05, 4.69) is 5.32 Å². The summed E-state index contributed by atoms with van der Waals surface area (Å²) in [4.78, 5) is 41.5. The van der Waals surface area contributed by atoms with Crippen molar-refractivity contribution < 1.29 is 23.5 Å². The Kier molecular flexibility index (Phi) is 7.19. The second-order valence-electron chi connectivity index (χ2n) is 7.07. The molecule has 0 spiro atoms. The summed E-state index contributed by atoms with van der Waals surface area (Å²) in [5.41, 5.74) is 6.33. The van der Waals surface area contributed by atoms with E-state index < -0.39 is 23.8 Å². The highest BCUT2D eigenvalue weighted by atomic mass is 19.1. The number of nitrogens with one attached hydrogen (secondary N) is 1. The Labute approximate surface area is 179 Å². The quantitative estimate of drug-likeness (QED) is 0.678. The molecule has 3 N–H and O–H groups in total. The van der Waals surface area contributed by atoms with Crippen molar-refractivity contribution in [3.8, 4) is 5.75 Å². The molecular weight excluding hydrogens is 403 g/mol. The van der Waals surface area contributed by atoms with Crippen LogP contribution in [0.1, 0.15) is 15.9 Å². The maximum absolute atomic E-state index is 13.6. The van der Waals surface area contributed by atoms with Crippen LogP contribution in [0, 0.1) is 5.82 Å². The van der Waals surface area contributed by atoms with Gasteiger partial charge >= 0.3 is 0 Å². The van der Waals surface area contributed by atoms with Gasteiger partial charge in [-0.25, -0.2) is 4.39 Å². The Hall–Kier alpha value is -3.46. The number of amides is 3. The summed E-state index contributed by atoms with van der Waals surface area (Å²) in [6.45, 7) is 0.773. The third-order valence-corrected chi connectivity index (χ3v) is 5.02. The van der Waals surface area contributed by atoms with Crippen molar-refractivity contribution in [1.29, 1.82) is 0 Å². The molecule has 1 aliphatic rings. The zero-order valence-electron chi connectivity index (χ0n) is 17.2. The van der Waals surface area contributed by atoms with Gasteiger partial charge in [0.1, 0.15) is 11.6 Å². The van der Waals surface area contributed by atoms with Gasteiger partial charge in [0.2, 0.25) is 5.91 Å². The standard InChI is InChI=1S/C22H25FN4O4/c1-31-18-7-5-15(6-8-18)13-19(28)26-11-12-27(21(26)20(29)25-10-9-24)22(30)16-3-2-4-17(23)14-16/h2-8,14,21H,9-13,24H2,1H3,(H,25,29). The number of methoxy groups -OCH3 is 1. The van der Waals surface area contributed by atoms with Gasteiger partial charge in [0.05, 0.1) is 13.5 Å². The highest BCUT2D eigenvalue weighted by molar-refractivity contribution is 5.99. The lowest BCUT2D eigenvalue weighted by molar-refractivity contribution is -0.140. The van der Waals surface area contributed by atoms with Crippen LogP contribution in [0.3, 0.4) is 0 Å². The van der Waals surface area contributed by atoms with E-state index in [0.29, 0.717) is 5.75 Å². The van der Waals surface area contributed by atoms with Crippen LogP contribution in [0.2, 0.25) is 0 Å². The van der Waals surface area contributed by atoms with Crippen LogP contribution in [0.5, 0.6) is 5.75 Å². The number of rotatable bonds is 7. The molecule has 9 heteroatoms. The Bertz CT molecular complexity index is 951. The number of hydrogen-bond donors (Lipinski definition) is 2. The summed E-state index contributed by atoms with van der Waals surface area (Å²) in [5, 5.41) is 2.64. The Morgan fingerprint density at radius 3 is 2.48 bits per heavy atom. The van der Waals surface area contributed by atoms with Crippen molar-refractivity contribution in [3.63, 3.8) is 0 Å². The minimum absolute atomic E-state index is 0.0622. The molecule has 0 bridgehead atoms. The molecule has 0 radical (unpaired) electrons. The molecule has 3 amide bonds. The van der Waals surface area contributed by atoms with Crippen molar-refractivity contribution in [2.24, 2.45) is 5.73 Å². The van der Waals surface area contributed by atoms with Gasteiger partial charge < -0.3 is 25.6 Å². The van der Waals surface area contributed by atoms with Crippen LogP contribution >= 0.6 is 0 Å². The number of ether oxygens (including phenoxy) is 1. The van der Waals surface area contributed by atoms with E-state index in [9.17, 15) is 18.8 Å². The maximum atomic E-state index is 13.6. The molecule has 1 unspecified atom stereocenters. The molecule has 1 saturated heterocycles. The molecule has 2 aromatic rings. The van der Waals surface area contributed by atoms with E-state index in [4.69, 9.17) is 10.5 Å². The van der Waals surface area contributed by atoms with Gasteiger partial charge in [0.15, 0.2) is 6.17 Å². The van der Waals surface area contributed by atoms with E-state index in [1.165, 1.54) is 28.0 Å². The van der Waals surface area contributed by atoms with E-state index in [1.54, 1.807) is 31.4 Å². The molecule has 2 aromatic carbocycles. The van der Waals surface area contributed by atoms with Crippen molar-refractivity contribution in [3.05, 3.63) is 65.5 Å². The molecular formula is C22H25FN4O4. The lowest BCUT2D eigenvalue weighted by Crippen LogP contribution is -2.54. The lowest BCUT2D eigenvalue weighted by Gasteiger charge is -2.29. The molecule has 1 fully saturated rings. The summed E-state index contributed by atoms with van der Waals surface area (Å²) in [5.74, 6) is -1.21. The number of carbonyl (C=O) groups excluding carboxylic acids is 3. The monoisotopic (exact) mass is 428 g/mol. The van der Waals surface area contributed by atoms with Crippen molar-refractivity contribution in [2.75, 3.05) is 33.3 Å². The van der Waals surface area contributed by atoms with Gasteiger partial charge in [-0.1, -0.05) is 18.2 Å². The van der Waals surface area contributed by atoms with Crippen LogP contribution in [0.25, 0.3) is 0 Å². The van der Waals surface area contributed by atoms with Crippen LogP contribution in [0.4, 0.5) is 4.39 Å². The van der Waals surface area contributed by atoms with Crippen LogP contribution in [-0.2, 0) is 16.0 Å². The Morgan fingerprint density at radius 1 is 1.13 bits per heavy atom. The molecule has 1 heterocycles. The van der Waals surface area contributed by atoms with E-state index in [1.807, 2.05) is 0 Å². The van der Waals surface area contributed by atoms with Gasteiger partial charge in [-0.05, 0) is 35.9 Å². The third kappa shape index (κ3) is 5.18. The highest BCUT2D eigenvalue weighted by Crippen LogP contribution is 2.21. The summed E-state index contributed by atoms with van der Waals surface area (Å²) in [6, 6.07) is 12.3. The first kappa shape index (κ1) is 22.2. The van der Waals surface area contributed by atoms with Crippen molar-refractivity contribution in [1.82, 2.24) is 15.1 Å². The fourth-order valence-electron chi connectivity index (χ4n) is 3.48. The van der Waals surface area contributed by atoms with Gasteiger partial charge in [-0.15, -0.1) is 0 Å². The highest BCUT2D eigenvalue weighted by Gasteiger charge is 2.42. The topological polar surface area (TPSA) is 105 Å². The van der Waals surface area contributed by atoms with Gasteiger partial charge in [-0.3, -0.25) is 14.4 Å². The average Bonchev–Trinajstić information content (AvgIpc) is 3.23. The Balaban J connectivity index is 1.81. The summed E-state index contributed by atoms with van der Waals surface area (Å²) < 4.78 is 18.7. The summed E-state index contributed by atoms with van der Waals surface area (Å²) in [7, 11) is 1.55. The minimum Gasteiger partial charge on any atom is -0.497 e. The molecule has 0 aromatic heterocycles. The summed E-state index contributed by atoms with van der Waals surface area (Å²) in [6.07, 6.45) is -1.07. The van der Waals surface area contributed by atoms with Gasteiger partial charge in [0, 0.05) is 31.7 Å². The molecule has 164 valence electrons. The molecule has 1 atom stereocenters. The second-order valence-corrected chi connectivity index (χ2v) is 7.07. The molecule has 8 nitrogen and oxygen atoms in total. The van der Waals surface area contributed by atoms with Gasteiger partial charge in [-0.2, -0.15) is 0 Å². The number of carbonyl (C=O) groups is 3. The first-order valence-electron chi connectivity index (χ1n) is 9.91. The smallest absolute Gasteiger partial charge is 0.263 e. The van der Waals surface area contributed by atoms with Crippen molar-refractivity contribution >= 4 is 17.7 Å². The van der Waals surface area contributed by atoms with E-state index in [-0.39, 0.29) is 44.1 Å². The maximum Gasteiger partial charge on any atom is 0.263 e. The van der Waals surface area contributed by atoms with E-state index >= 15 is 0 Å². The van der Waals surface area contributed by atoms with Crippen LogP contribution < -0.4 is 15.8 Å². The predicted molar refractivity (Wildman–Crippen MR) is 112 cm³/mol. The molecule has 1 aliphatic heterocycles.